The molecule has 0 aliphatic heterocycles. The van der Waals surface area contributed by atoms with Crippen LogP contribution in [0.15, 0.2) is 17.3 Å². The lowest BCUT2D eigenvalue weighted by Gasteiger charge is -2.16. The summed E-state index contributed by atoms with van der Waals surface area (Å²) in [7, 11) is -1.62. The van der Waals surface area contributed by atoms with Gasteiger partial charge in [-0.05, 0) is 26.6 Å². The van der Waals surface area contributed by atoms with Crippen molar-refractivity contribution in [2.45, 2.75) is 26.6 Å². The van der Waals surface area contributed by atoms with E-state index in [4.69, 9.17) is 4.43 Å². The first-order valence-corrected chi connectivity index (χ1v) is 7.93. The fourth-order valence-electron chi connectivity index (χ4n) is 0.859. The van der Waals surface area contributed by atoms with Crippen LogP contribution in [0.4, 0.5) is 5.82 Å². The topological polar surface area (TPSA) is 47.4 Å². The molecule has 0 aliphatic rings. The first-order chi connectivity index (χ1) is 6.51. The highest BCUT2D eigenvalue weighted by Crippen LogP contribution is 2.13. The maximum Gasteiger partial charge on any atom is 0.304 e. The molecule has 0 atom stereocenters. The van der Waals surface area contributed by atoms with Crippen molar-refractivity contribution < 1.29 is 4.43 Å². The fraction of sp³-hybridized carbons (Fsp3) is 0.444. The highest BCUT2D eigenvalue weighted by atomic mass is 28.4. The summed E-state index contributed by atoms with van der Waals surface area (Å²) in [5.74, 6) is 0.635. The zero-order valence-corrected chi connectivity index (χ0v) is 9.98. The van der Waals surface area contributed by atoms with Gasteiger partial charge < -0.3 is 4.43 Å². The van der Waals surface area contributed by atoms with Gasteiger partial charge in [0.05, 0.1) is 0 Å². The molecule has 0 fully saturated rings. The predicted octanol–water partition coefficient (Wildman–Crippen LogP) is 2.41. The molecule has 0 spiro atoms. The molecule has 0 unspecified atom stereocenters. The molecule has 4 nitrogen and oxygen atoms in total. The summed E-state index contributed by atoms with van der Waals surface area (Å²) in [6, 6.07) is 2.17. The van der Waals surface area contributed by atoms with Gasteiger partial charge in [0.1, 0.15) is 0 Å². The molecular formula is C9H15N3OSi. The minimum atomic E-state index is -1.62. The van der Waals surface area contributed by atoms with E-state index in [1.807, 2.05) is 6.92 Å². The Morgan fingerprint density at radius 1 is 1.43 bits per heavy atom. The first kappa shape index (κ1) is 10.8. The van der Waals surface area contributed by atoms with Gasteiger partial charge in [-0.1, -0.05) is 0 Å². The molecule has 14 heavy (non-hydrogen) atoms. The molecule has 1 aromatic heterocycles. The molecule has 1 rings (SSSR count). The second-order valence-electron chi connectivity index (χ2n) is 3.80. The van der Waals surface area contributed by atoms with Gasteiger partial charge in [0, 0.05) is 18.5 Å². The monoisotopic (exact) mass is 209 g/mol. The number of hydrogen-bond acceptors (Lipinski definition) is 4. The van der Waals surface area contributed by atoms with Gasteiger partial charge in [0.2, 0.25) is 8.32 Å². The van der Waals surface area contributed by atoms with Gasteiger partial charge in [0.25, 0.3) is 0 Å². The Hall–Kier alpha value is -1.23. The number of hydrogen-bond donors (Lipinski definition) is 0. The van der Waals surface area contributed by atoms with E-state index in [0.29, 0.717) is 11.8 Å². The summed E-state index contributed by atoms with van der Waals surface area (Å²) >= 11 is 0. The van der Waals surface area contributed by atoms with Crippen LogP contribution in [0.1, 0.15) is 6.92 Å². The Labute approximate surface area is 85.2 Å². The quantitative estimate of drug-likeness (QED) is 0.567. The minimum absolute atomic E-state index is 0.423. The van der Waals surface area contributed by atoms with E-state index in [2.05, 4.69) is 34.6 Å². The molecule has 1 aromatic rings. The summed E-state index contributed by atoms with van der Waals surface area (Å²) in [6.45, 7) is 8.12. The third-order valence-electron chi connectivity index (χ3n) is 1.28. The normalized spacial score (nSPS) is 12.0. The van der Waals surface area contributed by atoms with Crippen LogP contribution in [-0.2, 0) is 0 Å². The van der Waals surface area contributed by atoms with Crippen molar-refractivity contribution in [1.29, 1.82) is 0 Å². The third-order valence-corrected chi connectivity index (χ3v) is 2.07. The Bertz CT molecular complexity index is 333. The largest absolute Gasteiger partial charge is 0.518 e. The standard InChI is InChI=1S/C9H15N3OSi/c1-5-10-8-6-7-11-9(12-8)13-14(2,3)4/h5-7H,1-4H3. The van der Waals surface area contributed by atoms with Crippen LogP contribution in [0.5, 0.6) is 6.01 Å². The third kappa shape index (κ3) is 3.65. The van der Waals surface area contributed by atoms with Crippen molar-refractivity contribution in [3.63, 3.8) is 0 Å². The summed E-state index contributed by atoms with van der Waals surface area (Å²) in [5, 5.41) is 0. The van der Waals surface area contributed by atoms with Crippen LogP contribution in [0.25, 0.3) is 0 Å². The van der Waals surface area contributed by atoms with Crippen LogP contribution >= 0.6 is 0 Å². The van der Waals surface area contributed by atoms with Crippen LogP contribution in [0, 0.1) is 0 Å². The predicted molar refractivity (Wildman–Crippen MR) is 59.8 cm³/mol. The lowest BCUT2D eigenvalue weighted by molar-refractivity contribution is 0.510. The molecule has 0 radical (unpaired) electrons. The fourth-order valence-corrected chi connectivity index (χ4v) is 1.51. The smallest absolute Gasteiger partial charge is 0.304 e. The molecule has 0 saturated carbocycles. The average molecular weight is 209 g/mol. The van der Waals surface area contributed by atoms with Crippen LogP contribution in [0.2, 0.25) is 19.6 Å². The van der Waals surface area contributed by atoms with Gasteiger partial charge >= 0.3 is 6.01 Å². The van der Waals surface area contributed by atoms with Crippen LogP contribution < -0.4 is 4.43 Å². The van der Waals surface area contributed by atoms with Crippen molar-refractivity contribution >= 4 is 20.3 Å². The van der Waals surface area contributed by atoms with E-state index in [0.717, 1.165) is 0 Å². The number of aliphatic imine (C=N–C) groups is 1. The molecule has 76 valence electrons. The molecule has 0 saturated heterocycles. The summed E-state index contributed by atoms with van der Waals surface area (Å²) in [4.78, 5) is 12.2. The Balaban J connectivity index is 2.84. The maximum absolute atomic E-state index is 5.63. The van der Waals surface area contributed by atoms with E-state index >= 15 is 0 Å². The lowest BCUT2D eigenvalue weighted by Crippen LogP contribution is -2.30. The number of rotatable bonds is 3. The SMILES string of the molecule is CC=Nc1ccnc(O[Si](C)(C)C)n1. The highest BCUT2D eigenvalue weighted by molar-refractivity contribution is 6.70. The molecule has 0 bridgehead atoms. The van der Waals surface area contributed by atoms with Gasteiger partial charge in [0.15, 0.2) is 5.82 Å². The first-order valence-electron chi connectivity index (χ1n) is 4.52. The molecule has 0 amide bonds. The Kier molecular flexibility index (Phi) is 3.35. The van der Waals surface area contributed by atoms with E-state index in [-0.39, 0.29) is 0 Å². The molecule has 1 heterocycles. The van der Waals surface area contributed by atoms with Crippen molar-refractivity contribution in [3.05, 3.63) is 12.3 Å². The Morgan fingerprint density at radius 2 is 2.14 bits per heavy atom. The van der Waals surface area contributed by atoms with Crippen molar-refractivity contribution in [3.8, 4) is 6.01 Å². The van der Waals surface area contributed by atoms with Crippen LogP contribution in [-0.4, -0.2) is 24.5 Å². The van der Waals surface area contributed by atoms with E-state index < -0.39 is 8.32 Å². The molecular weight excluding hydrogens is 194 g/mol. The van der Waals surface area contributed by atoms with E-state index in [9.17, 15) is 0 Å². The molecule has 5 heteroatoms. The number of aromatic nitrogens is 2. The van der Waals surface area contributed by atoms with Gasteiger partial charge in [-0.2, -0.15) is 4.98 Å². The average Bonchev–Trinajstić information content (AvgIpc) is 2.02. The highest BCUT2D eigenvalue weighted by Gasteiger charge is 2.17. The van der Waals surface area contributed by atoms with Crippen molar-refractivity contribution in [2.75, 3.05) is 0 Å². The molecule has 0 N–H and O–H groups in total. The van der Waals surface area contributed by atoms with Crippen molar-refractivity contribution in [1.82, 2.24) is 9.97 Å². The summed E-state index contributed by atoms with van der Waals surface area (Å²) in [6.07, 6.45) is 3.35. The van der Waals surface area contributed by atoms with Crippen LogP contribution in [0.3, 0.4) is 0 Å². The summed E-state index contributed by atoms with van der Waals surface area (Å²) < 4.78 is 5.63. The maximum atomic E-state index is 5.63. The van der Waals surface area contributed by atoms with Gasteiger partial charge in [-0.3, -0.25) is 0 Å². The zero-order chi connectivity index (χ0) is 10.6. The van der Waals surface area contributed by atoms with Gasteiger partial charge in [-0.25, -0.2) is 9.98 Å². The van der Waals surface area contributed by atoms with Crippen molar-refractivity contribution in [2.24, 2.45) is 4.99 Å². The molecule has 0 aliphatic carbocycles. The molecule has 0 aromatic carbocycles. The minimum Gasteiger partial charge on any atom is -0.518 e. The second kappa shape index (κ2) is 4.32. The second-order valence-corrected chi connectivity index (χ2v) is 8.23. The van der Waals surface area contributed by atoms with E-state index in [1.165, 1.54) is 0 Å². The zero-order valence-electron chi connectivity index (χ0n) is 8.98. The lowest BCUT2D eigenvalue weighted by atomic mass is 10.6. The Morgan fingerprint density at radius 3 is 2.71 bits per heavy atom. The number of nitrogens with zero attached hydrogens (tertiary/aromatic N) is 3. The van der Waals surface area contributed by atoms with E-state index in [1.54, 1.807) is 18.5 Å². The van der Waals surface area contributed by atoms with Gasteiger partial charge in [-0.15, -0.1) is 0 Å². The summed E-state index contributed by atoms with van der Waals surface area (Å²) in [5.41, 5.74) is 0.